The quantitative estimate of drug-likeness (QED) is 0.530. The molecule has 1 atom stereocenters. The summed E-state index contributed by atoms with van der Waals surface area (Å²) in [6.45, 7) is 6.28. The van der Waals surface area contributed by atoms with E-state index in [1.807, 2.05) is 19.9 Å². The number of benzene rings is 2. The maximum absolute atomic E-state index is 13.0. The van der Waals surface area contributed by atoms with Gasteiger partial charge in [0.1, 0.15) is 6.04 Å². The third-order valence-corrected chi connectivity index (χ3v) is 6.32. The van der Waals surface area contributed by atoms with Gasteiger partial charge in [0.15, 0.2) is 0 Å². The Morgan fingerprint density at radius 1 is 1.09 bits per heavy atom. The van der Waals surface area contributed by atoms with Crippen LogP contribution in [0.2, 0.25) is 0 Å². The van der Waals surface area contributed by atoms with Gasteiger partial charge >= 0.3 is 0 Å². The molecule has 2 rings (SSSR count). The van der Waals surface area contributed by atoms with E-state index in [1.54, 1.807) is 43.5 Å². The lowest BCUT2D eigenvalue weighted by atomic mass is 10.1. The molecule has 0 saturated carbocycles. The van der Waals surface area contributed by atoms with Crippen molar-refractivity contribution in [2.24, 2.45) is 0 Å². The van der Waals surface area contributed by atoms with Gasteiger partial charge in [-0.15, -0.1) is 0 Å². The maximum atomic E-state index is 13.0. The Labute approximate surface area is 190 Å². The first-order chi connectivity index (χ1) is 15.1. The van der Waals surface area contributed by atoms with Crippen molar-refractivity contribution in [3.05, 3.63) is 59.2 Å². The van der Waals surface area contributed by atoms with E-state index in [0.717, 1.165) is 21.7 Å². The van der Waals surface area contributed by atoms with Crippen LogP contribution in [-0.2, 0) is 19.6 Å². The lowest BCUT2D eigenvalue weighted by molar-refractivity contribution is -0.116. The molecule has 2 amide bonds. The summed E-state index contributed by atoms with van der Waals surface area (Å²) in [6, 6.07) is 10.8. The van der Waals surface area contributed by atoms with Crippen LogP contribution in [-0.4, -0.2) is 52.8 Å². The van der Waals surface area contributed by atoms with Gasteiger partial charge in [-0.25, -0.2) is 8.42 Å². The predicted molar refractivity (Wildman–Crippen MR) is 127 cm³/mol. The lowest BCUT2D eigenvalue weighted by Gasteiger charge is -2.29. The van der Waals surface area contributed by atoms with Crippen molar-refractivity contribution in [1.29, 1.82) is 0 Å². The van der Waals surface area contributed by atoms with E-state index < -0.39 is 22.0 Å². The van der Waals surface area contributed by atoms with Crippen molar-refractivity contribution in [2.75, 3.05) is 36.1 Å². The van der Waals surface area contributed by atoms with Gasteiger partial charge in [-0.1, -0.05) is 18.2 Å². The monoisotopic (exact) mass is 461 g/mol. The number of amides is 2. The molecule has 0 aliphatic rings. The molecule has 8 nitrogen and oxygen atoms in total. The van der Waals surface area contributed by atoms with E-state index in [1.165, 1.54) is 6.92 Å². The second-order valence-corrected chi connectivity index (χ2v) is 9.50. The number of nitrogens with one attached hydrogen (secondary N) is 2. The molecule has 0 fully saturated rings. The average molecular weight is 462 g/mol. The van der Waals surface area contributed by atoms with Crippen LogP contribution < -0.4 is 14.9 Å². The van der Waals surface area contributed by atoms with Crippen molar-refractivity contribution in [2.45, 2.75) is 33.2 Å². The standard InChI is InChI=1S/C23H31N3O5S/c1-16-11-12-19(15-17(16)2)26(32(5,29)30)18(3)22(27)25-21-10-7-6-9-20(21)23(28)24-13-8-14-31-4/h6-7,9-12,15,18H,8,13-14H2,1-5H3,(H,24,28)(H,25,27)/t18-/m1/s1. The Morgan fingerprint density at radius 3 is 2.41 bits per heavy atom. The third-order valence-electron chi connectivity index (χ3n) is 5.07. The van der Waals surface area contributed by atoms with E-state index in [2.05, 4.69) is 10.6 Å². The number of rotatable bonds is 10. The topological polar surface area (TPSA) is 105 Å². The molecule has 0 aliphatic heterocycles. The van der Waals surface area contributed by atoms with Crippen LogP contribution in [0.4, 0.5) is 11.4 Å². The number of para-hydroxylation sites is 1. The molecule has 0 saturated heterocycles. The van der Waals surface area contributed by atoms with Gasteiger partial charge < -0.3 is 15.4 Å². The third kappa shape index (κ3) is 6.54. The first-order valence-electron chi connectivity index (χ1n) is 10.3. The number of sulfonamides is 1. The number of aryl methyl sites for hydroxylation is 2. The highest BCUT2D eigenvalue weighted by molar-refractivity contribution is 7.92. The van der Waals surface area contributed by atoms with Crippen molar-refractivity contribution >= 4 is 33.2 Å². The van der Waals surface area contributed by atoms with Gasteiger partial charge in [0, 0.05) is 20.3 Å². The van der Waals surface area contributed by atoms with Gasteiger partial charge in [-0.3, -0.25) is 13.9 Å². The van der Waals surface area contributed by atoms with Gasteiger partial charge in [-0.05, 0) is 62.6 Å². The largest absolute Gasteiger partial charge is 0.385 e. The molecule has 2 aromatic carbocycles. The summed E-state index contributed by atoms with van der Waals surface area (Å²) in [5.74, 6) is -0.882. The highest BCUT2D eigenvalue weighted by Crippen LogP contribution is 2.25. The van der Waals surface area contributed by atoms with Crippen LogP contribution in [0, 0.1) is 13.8 Å². The first-order valence-corrected chi connectivity index (χ1v) is 12.1. The van der Waals surface area contributed by atoms with Crippen molar-refractivity contribution in [3.8, 4) is 0 Å². The summed E-state index contributed by atoms with van der Waals surface area (Å²) < 4.78 is 31.1. The van der Waals surface area contributed by atoms with E-state index in [4.69, 9.17) is 4.74 Å². The summed E-state index contributed by atoms with van der Waals surface area (Å²) in [5.41, 5.74) is 2.94. The molecule has 0 heterocycles. The van der Waals surface area contributed by atoms with Gasteiger partial charge in [0.2, 0.25) is 15.9 Å². The second-order valence-electron chi connectivity index (χ2n) is 7.64. The minimum absolute atomic E-state index is 0.294. The fraction of sp³-hybridized carbons (Fsp3) is 0.391. The van der Waals surface area contributed by atoms with Crippen molar-refractivity contribution in [3.63, 3.8) is 0 Å². The molecular formula is C23H31N3O5S. The van der Waals surface area contributed by atoms with E-state index in [-0.39, 0.29) is 5.91 Å². The minimum Gasteiger partial charge on any atom is -0.385 e. The summed E-state index contributed by atoms with van der Waals surface area (Å²) in [6.07, 6.45) is 1.72. The van der Waals surface area contributed by atoms with Gasteiger partial charge in [0.05, 0.1) is 23.2 Å². The van der Waals surface area contributed by atoms with Gasteiger partial charge in [-0.2, -0.15) is 0 Å². The minimum atomic E-state index is -3.75. The first kappa shape index (κ1) is 25.4. The molecule has 9 heteroatoms. The molecule has 0 spiro atoms. The molecule has 174 valence electrons. The summed E-state index contributed by atoms with van der Waals surface area (Å²) >= 11 is 0. The Balaban J connectivity index is 2.25. The highest BCUT2D eigenvalue weighted by Gasteiger charge is 2.30. The number of carbonyl (C=O) groups excluding carboxylic acids is 2. The molecule has 0 aliphatic carbocycles. The zero-order valence-electron chi connectivity index (χ0n) is 19.1. The number of hydrogen-bond acceptors (Lipinski definition) is 5. The van der Waals surface area contributed by atoms with Crippen LogP contribution in [0.15, 0.2) is 42.5 Å². The van der Waals surface area contributed by atoms with E-state index >= 15 is 0 Å². The number of methoxy groups -OCH3 is 1. The fourth-order valence-corrected chi connectivity index (χ4v) is 4.38. The van der Waals surface area contributed by atoms with Crippen LogP contribution in [0.5, 0.6) is 0 Å². The SMILES string of the molecule is COCCCNC(=O)c1ccccc1NC(=O)[C@@H](C)N(c1ccc(C)c(C)c1)S(C)(=O)=O. The Kier molecular flexibility index (Phi) is 8.80. The highest BCUT2D eigenvalue weighted by atomic mass is 32.2. The predicted octanol–water partition coefficient (Wildman–Crippen LogP) is 2.86. The number of hydrogen-bond donors (Lipinski definition) is 2. The number of nitrogens with zero attached hydrogens (tertiary/aromatic N) is 1. The number of carbonyl (C=O) groups is 2. The van der Waals surface area contributed by atoms with Crippen LogP contribution >= 0.6 is 0 Å². The lowest BCUT2D eigenvalue weighted by Crippen LogP contribution is -2.45. The van der Waals surface area contributed by atoms with Crippen LogP contribution in [0.25, 0.3) is 0 Å². The zero-order chi connectivity index (χ0) is 23.9. The zero-order valence-corrected chi connectivity index (χ0v) is 20.0. The molecule has 0 bridgehead atoms. The van der Waals surface area contributed by atoms with E-state index in [9.17, 15) is 18.0 Å². The average Bonchev–Trinajstić information content (AvgIpc) is 2.73. The molecule has 2 aromatic rings. The van der Waals surface area contributed by atoms with Crippen LogP contribution in [0.3, 0.4) is 0 Å². The Hall–Kier alpha value is -2.91. The smallest absolute Gasteiger partial charge is 0.253 e. The molecule has 0 unspecified atom stereocenters. The molecule has 0 aromatic heterocycles. The number of ether oxygens (including phenoxy) is 1. The summed E-state index contributed by atoms with van der Waals surface area (Å²) in [7, 11) is -2.16. The van der Waals surface area contributed by atoms with Crippen molar-refractivity contribution < 1.29 is 22.7 Å². The normalized spacial score (nSPS) is 12.2. The molecule has 0 radical (unpaired) electrons. The molecule has 32 heavy (non-hydrogen) atoms. The Bertz CT molecular complexity index is 1070. The summed E-state index contributed by atoms with van der Waals surface area (Å²) in [5, 5.41) is 5.50. The Morgan fingerprint density at radius 2 is 1.78 bits per heavy atom. The van der Waals surface area contributed by atoms with Crippen molar-refractivity contribution in [1.82, 2.24) is 5.32 Å². The van der Waals surface area contributed by atoms with Crippen LogP contribution in [0.1, 0.15) is 34.8 Å². The summed E-state index contributed by atoms with van der Waals surface area (Å²) in [4.78, 5) is 25.6. The van der Waals surface area contributed by atoms with Gasteiger partial charge in [0.25, 0.3) is 5.91 Å². The maximum Gasteiger partial charge on any atom is 0.253 e. The fourth-order valence-electron chi connectivity index (χ4n) is 3.21. The number of anilines is 2. The van der Waals surface area contributed by atoms with E-state index in [0.29, 0.717) is 36.5 Å². The molecule has 2 N–H and O–H groups in total. The molecular weight excluding hydrogens is 430 g/mol. The second kappa shape index (κ2) is 11.1.